The van der Waals surface area contributed by atoms with E-state index in [9.17, 15) is 13.2 Å². The van der Waals surface area contributed by atoms with E-state index in [0.29, 0.717) is 17.7 Å². The molecule has 1 saturated heterocycles. The summed E-state index contributed by atoms with van der Waals surface area (Å²) in [4.78, 5) is 24.4. The molecular formula is C26H31N5O3S3. The van der Waals surface area contributed by atoms with Crippen molar-refractivity contribution in [2.45, 2.75) is 30.4 Å². The van der Waals surface area contributed by atoms with Gasteiger partial charge in [0.1, 0.15) is 5.04 Å². The standard InChI is InChI=1S/C26H31N5O3S3/c1-18-6-4-8-21(14-18)37(33,34)31(35)23-9-5-7-20-15-22(28-24(20)23)25-27-16-26(3,36-25)17-29-10-12-30(13-11-29)19(2)32/h4-9,14-15,28,35H,10-13,16-17H2,1-3H3. The summed E-state index contributed by atoms with van der Waals surface area (Å²) in [5.41, 5.74) is 2.89. The molecule has 3 aromatic rings. The number of nitrogens with one attached hydrogen (secondary N) is 1. The zero-order valence-corrected chi connectivity index (χ0v) is 23.7. The Hall–Kier alpha value is -2.47. The van der Waals surface area contributed by atoms with Gasteiger partial charge in [-0.15, -0.1) is 0 Å². The quantitative estimate of drug-likeness (QED) is 0.449. The Morgan fingerprint density at radius 3 is 2.59 bits per heavy atom. The number of fused-ring (bicyclic) bond motifs is 1. The zero-order valence-electron chi connectivity index (χ0n) is 21.1. The fourth-order valence-corrected chi connectivity index (χ4v) is 7.71. The van der Waals surface area contributed by atoms with Crippen LogP contribution < -0.4 is 3.71 Å². The number of carbonyl (C=O) groups is 1. The average Bonchev–Trinajstić information content (AvgIpc) is 3.47. The van der Waals surface area contributed by atoms with E-state index < -0.39 is 10.0 Å². The van der Waals surface area contributed by atoms with Gasteiger partial charge in [0.2, 0.25) is 5.91 Å². The van der Waals surface area contributed by atoms with Crippen LogP contribution in [0.5, 0.6) is 0 Å². The van der Waals surface area contributed by atoms with Crippen LogP contribution in [0.25, 0.3) is 10.9 Å². The number of aromatic amines is 1. The molecule has 5 rings (SSSR count). The molecule has 196 valence electrons. The minimum absolute atomic E-state index is 0.0715. The second kappa shape index (κ2) is 10.0. The summed E-state index contributed by atoms with van der Waals surface area (Å²) in [5, 5.41) is 1.81. The van der Waals surface area contributed by atoms with Crippen molar-refractivity contribution in [3.05, 3.63) is 59.8 Å². The summed E-state index contributed by atoms with van der Waals surface area (Å²) in [6.07, 6.45) is 0. The summed E-state index contributed by atoms with van der Waals surface area (Å²) < 4.78 is 27.6. The van der Waals surface area contributed by atoms with E-state index in [1.54, 1.807) is 43.0 Å². The van der Waals surface area contributed by atoms with Gasteiger partial charge in [-0.25, -0.2) is 12.1 Å². The molecule has 1 N–H and O–H groups in total. The maximum Gasteiger partial charge on any atom is 0.273 e. The zero-order chi connectivity index (χ0) is 26.4. The van der Waals surface area contributed by atoms with Crippen LogP contribution in [0.4, 0.5) is 5.69 Å². The predicted octanol–water partition coefficient (Wildman–Crippen LogP) is 3.93. The first-order valence-electron chi connectivity index (χ1n) is 12.2. The molecule has 0 spiro atoms. The van der Waals surface area contributed by atoms with Crippen molar-refractivity contribution >= 4 is 62.1 Å². The summed E-state index contributed by atoms with van der Waals surface area (Å²) in [6, 6.07) is 14.4. The van der Waals surface area contributed by atoms with Crippen molar-refractivity contribution in [2.24, 2.45) is 4.99 Å². The smallest absolute Gasteiger partial charge is 0.273 e. The molecule has 1 fully saturated rings. The minimum atomic E-state index is -3.85. The number of rotatable bonds is 6. The van der Waals surface area contributed by atoms with E-state index in [1.165, 1.54) is 0 Å². The number of para-hydroxylation sites is 1. The van der Waals surface area contributed by atoms with Gasteiger partial charge in [-0.1, -0.05) is 36.0 Å². The topological polar surface area (TPSA) is 89.1 Å². The highest BCUT2D eigenvalue weighted by atomic mass is 32.3. The highest BCUT2D eigenvalue weighted by molar-refractivity contribution is 8.15. The number of thioether (sulfide) groups is 1. The molecule has 1 unspecified atom stereocenters. The Balaban J connectivity index is 1.34. The van der Waals surface area contributed by atoms with Gasteiger partial charge in [-0.3, -0.25) is 14.7 Å². The number of amides is 1. The fraction of sp³-hybridized carbons (Fsp3) is 0.385. The summed E-state index contributed by atoms with van der Waals surface area (Å²) in [6.45, 7) is 10.6. The van der Waals surface area contributed by atoms with Crippen molar-refractivity contribution in [1.29, 1.82) is 0 Å². The van der Waals surface area contributed by atoms with E-state index in [0.717, 1.165) is 58.1 Å². The number of carbonyl (C=O) groups excluding carboxylic acids is 1. The van der Waals surface area contributed by atoms with Gasteiger partial charge in [0.25, 0.3) is 10.0 Å². The molecular weight excluding hydrogens is 527 g/mol. The van der Waals surface area contributed by atoms with Gasteiger partial charge >= 0.3 is 0 Å². The number of H-pyrrole nitrogens is 1. The molecule has 0 radical (unpaired) electrons. The first kappa shape index (κ1) is 26.1. The number of thiol groups is 1. The van der Waals surface area contributed by atoms with Crippen molar-refractivity contribution in [1.82, 2.24) is 14.8 Å². The molecule has 11 heteroatoms. The van der Waals surface area contributed by atoms with Crippen molar-refractivity contribution in [3.63, 3.8) is 0 Å². The molecule has 0 saturated carbocycles. The maximum atomic E-state index is 13.3. The highest BCUT2D eigenvalue weighted by Gasteiger charge is 2.36. The third-order valence-corrected chi connectivity index (χ3v) is 10.5. The fourth-order valence-electron chi connectivity index (χ4n) is 4.87. The minimum Gasteiger partial charge on any atom is -0.351 e. The Morgan fingerprint density at radius 2 is 1.89 bits per heavy atom. The number of sulfonamides is 1. The average molecular weight is 558 g/mol. The molecule has 0 aliphatic carbocycles. The lowest BCUT2D eigenvalue weighted by Crippen LogP contribution is -2.51. The van der Waals surface area contributed by atoms with Crippen LogP contribution >= 0.6 is 24.6 Å². The Labute approximate surface area is 227 Å². The lowest BCUT2D eigenvalue weighted by Gasteiger charge is -2.37. The van der Waals surface area contributed by atoms with Crippen LogP contribution in [0.3, 0.4) is 0 Å². The van der Waals surface area contributed by atoms with E-state index in [1.807, 2.05) is 36.1 Å². The second-order valence-corrected chi connectivity index (χ2v) is 14.0. The van der Waals surface area contributed by atoms with Gasteiger partial charge in [-0.05, 0) is 56.5 Å². The number of hydrogen-bond donors (Lipinski definition) is 2. The molecule has 1 aromatic heterocycles. The molecule has 8 nitrogen and oxygen atoms in total. The number of aliphatic imine (C=N–C) groups is 1. The maximum absolute atomic E-state index is 13.3. The van der Waals surface area contributed by atoms with Crippen LogP contribution in [0.15, 0.2) is 58.4 Å². The van der Waals surface area contributed by atoms with Gasteiger partial charge < -0.3 is 9.88 Å². The molecule has 0 bridgehead atoms. The van der Waals surface area contributed by atoms with Crippen LogP contribution in [-0.4, -0.2) is 78.2 Å². The number of hydrogen-bond acceptors (Lipinski definition) is 7. The van der Waals surface area contributed by atoms with Gasteiger partial charge in [0.05, 0.1) is 33.1 Å². The van der Waals surface area contributed by atoms with Crippen LogP contribution in [0.2, 0.25) is 0 Å². The molecule has 1 amide bonds. The number of anilines is 1. The molecule has 2 aliphatic rings. The molecule has 37 heavy (non-hydrogen) atoms. The van der Waals surface area contributed by atoms with Crippen molar-refractivity contribution < 1.29 is 13.2 Å². The molecule has 3 heterocycles. The number of aryl methyl sites for hydroxylation is 1. The first-order valence-corrected chi connectivity index (χ1v) is 14.9. The SMILES string of the molecule is CC(=O)N1CCN(CC2(C)CN=C(c3cc4cccc(N(S)S(=O)(=O)c5cccc(C)c5)c4[nH]3)S2)CC1. The van der Waals surface area contributed by atoms with Crippen molar-refractivity contribution in [2.75, 3.05) is 43.0 Å². The van der Waals surface area contributed by atoms with Crippen LogP contribution in [0, 0.1) is 6.92 Å². The van der Waals surface area contributed by atoms with Gasteiger partial charge in [-0.2, -0.15) is 0 Å². The van der Waals surface area contributed by atoms with Gasteiger partial charge in [0, 0.05) is 45.0 Å². The van der Waals surface area contributed by atoms with Crippen LogP contribution in [-0.2, 0) is 14.8 Å². The molecule has 2 aromatic carbocycles. The Kier molecular flexibility index (Phi) is 7.08. The van der Waals surface area contributed by atoms with E-state index in [2.05, 4.69) is 29.6 Å². The second-order valence-electron chi connectivity index (χ2n) is 9.94. The normalized spacial score (nSPS) is 20.9. The monoisotopic (exact) mass is 557 g/mol. The largest absolute Gasteiger partial charge is 0.351 e. The summed E-state index contributed by atoms with van der Waals surface area (Å²) in [7, 11) is -3.85. The van der Waals surface area contributed by atoms with E-state index >= 15 is 0 Å². The number of benzene rings is 2. The third-order valence-electron chi connectivity index (χ3n) is 6.86. The Morgan fingerprint density at radius 1 is 1.16 bits per heavy atom. The number of aromatic nitrogens is 1. The van der Waals surface area contributed by atoms with Gasteiger partial charge in [0.15, 0.2) is 0 Å². The lowest BCUT2D eigenvalue weighted by atomic mass is 10.1. The van der Waals surface area contributed by atoms with Crippen LogP contribution in [0.1, 0.15) is 25.1 Å². The summed E-state index contributed by atoms with van der Waals surface area (Å²) >= 11 is 6.17. The Bertz CT molecular complexity index is 1480. The molecule has 1 atom stereocenters. The van der Waals surface area contributed by atoms with E-state index in [-0.39, 0.29) is 15.5 Å². The third kappa shape index (κ3) is 5.27. The first-order chi connectivity index (χ1) is 17.6. The predicted molar refractivity (Wildman–Crippen MR) is 154 cm³/mol. The summed E-state index contributed by atoms with van der Waals surface area (Å²) in [5.74, 6) is 0.136. The van der Waals surface area contributed by atoms with E-state index in [4.69, 9.17) is 4.99 Å². The van der Waals surface area contributed by atoms with Crippen molar-refractivity contribution in [3.8, 4) is 0 Å². The molecule has 2 aliphatic heterocycles. The highest BCUT2D eigenvalue weighted by Crippen LogP contribution is 2.38. The number of nitrogens with zero attached hydrogens (tertiary/aromatic N) is 4. The number of piperazine rings is 1. The lowest BCUT2D eigenvalue weighted by molar-refractivity contribution is -0.130.